The summed E-state index contributed by atoms with van der Waals surface area (Å²) < 4.78 is 27.4. The van der Waals surface area contributed by atoms with Crippen molar-refractivity contribution in [3.05, 3.63) is 84.7 Å². The number of carbonyl (C=O) groups is 1. The van der Waals surface area contributed by atoms with Gasteiger partial charge in [0.25, 0.3) is 5.91 Å². The number of para-hydroxylation sites is 3. The van der Waals surface area contributed by atoms with Crippen molar-refractivity contribution in [2.75, 3.05) is 16.3 Å². The summed E-state index contributed by atoms with van der Waals surface area (Å²) in [5, 5.41) is 2.80. The monoisotopic (exact) mass is 406 g/mol. The standard InChI is InChI=1S/C21H18N4O3S/c1-29(27,28)24-18-7-3-2-6-17(18)21(26)23-15-10-12-16(13-11-15)25-14-22-19-8-4-5-9-20(19)25/h2-14,24H,1H3,(H,23,26). The van der Waals surface area contributed by atoms with Gasteiger partial charge in [-0.2, -0.15) is 0 Å². The summed E-state index contributed by atoms with van der Waals surface area (Å²) in [7, 11) is -3.49. The lowest BCUT2D eigenvalue weighted by molar-refractivity contribution is 0.102. The molecule has 1 amide bonds. The molecule has 0 bridgehead atoms. The summed E-state index contributed by atoms with van der Waals surface area (Å²) in [5.41, 5.74) is 3.87. The van der Waals surface area contributed by atoms with Crippen molar-refractivity contribution in [1.82, 2.24) is 9.55 Å². The molecule has 1 aromatic heterocycles. The first-order valence-corrected chi connectivity index (χ1v) is 10.7. The van der Waals surface area contributed by atoms with Crippen LogP contribution in [0.15, 0.2) is 79.1 Å². The van der Waals surface area contributed by atoms with Crippen LogP contribution in [0.2, 0.25) is 0 Å². The fourth-order valence-corrected chi connectivity index (χ4v) is 3.62. The molecule has 0 unspecified atom stereocenters. The number of anilines is 2. The van der Waals surface area contributed by atoms with Gasteiger partial charge in [0.05, 0.1) is 28.5 Å². The molecule has 0 radical (unpaired) electrons. The predicted octanol–water partition coefficient (Wildman–Crippen LogP) is 3.65. The number of fused-ring (bicyclic) bond motifs is 1. The average molecular weight is 406 g/mol. The summed E-state index contributed by atoms with van der Waals surface area (Å²) in [4.78, 5) is 17.0. The number of aromatic nitrogens is 2. The third-order valence-electron chi connectivity index (χ3n) is 4.32. The highest BCUT2D eigenvalue weighted by atomic mass is 32.2. The van der Waals surface area contributed by atoms with Crippen LogP contribution in [0.4, 0.5) is 11.4 Å². The van der Waals surface area contributed by atoms with Crippen molar-refractivity contribution >= 4 is 38.3 Å². The van der Waals surface area contributed by atoms with Gasteiger partial charge in [-0.25, -0.2) is 13.4 Å². The molecule has 4 rings (SSSR count). The molecule has 8 heteroatoms. The molecule has 0 atom stereocenters. The van der Waals surface area contributed by atoms with Crippen LogP contribution in [0.1, 0.15) is 10.4 Å². The van der Waals surface area contributed by atoms with Crippen molar-refractivity contribution in [3.8, 4) is 5.69 Å². The smallest absolute Gasteiger partial charge is 0.257 e. The highest BCUT2D eigenvalue weighted by Gasteiger charge is 2.14. The van der Waals surface area contributed by atoms with Crippen LogP contribution < -0.4 is 10.0 Å². The predicted molar refractivity (Wildman–Crippen MR) is 114 cm³/mol. The molecule has 0 spiro atoms. The van der Waals surface area contributed by atoms with Crippen molar-refractivity contribution in [1.29, 1.82) is 0 Å². The van der Waals surface area contributed by atoms with E-state index in [1.165, 1.54) is 0 Å². The molecule has 1 heterocycles. The number of hydrogen-bond acceptors (Lipinski definition) is 4. The van der Waals surface area contributed by atoms with Gasteiger partial charge in [0.1, 0.15) is 6.33 Å². The molecule has 0 aliphatic heterocycles. The van der Waals surface area contributed by atoms with Gasteiger partial charge in [-0.3, -0.25) is 14.1 Å². The molecule has 2 N–H and O–H groups in total. The van der Waals surface area contributed by atoms with Crippen molar-refractivity contribution in [2.24, 2.45) is 0 Å². The molecule has 0 aliphatic rings. The van der Waals surface area contributed by atoms with Gasteiger partial charge >= 0.3 is 0 Å². The van der Waals surface area contributed by atoms with Crippen LogP contribution in [0.5, 0.6) is 0 Å². The Morgan fingerprint density at radius 1 is 0.931 bits per heavy atom. The molecular weight excluding hydrogens is 388 g/mol. The van der Waals surface area contributed by atoms with Gasteiger partial charge in [-0.1, -0.05) is 24.3 Å². The molecule has 3 aromatic carbocycles. The Balaban J connectivity index is 1.56. The second kappa shape index (κ2) is 7.40. The van der Waals surface area contributed by atoms with Gasteiger partial charge in [-0.05, 0) is 48.5 Å². The minimum atomic E-state index is -3.49. The average Bonchev–Trinajstić information content (AvgIpc) is 3.12. The number of carbonyl (C=O) groups excluding carboxylic acids is 1. The fraction of sp³-hybridized carbons (Fsp3) is 0.0476. The minimum absolute atomic E-state index is 0.231. The number of sulfonamides is 1. The molecule has 4 aromatic rings. The summed E-state index contributed by atoms with van der Waals surface area (Å²) in [6.07, 6.45) is 2.80. The van der Waals surface area contributed by atoms with Gasteiger partial charge in [0, 0.05) is 11.4 Å². The summed E-state index contributed by atoms with van der Waals surface area (Å²) >= 11 is 0. The first kappa shape index (κ1) is 18.7. The maximum absolute atomic E-state index is 12.6. The largest absolute Gasteiger partial charge is 0.322 e. The molecule has 0 saturated carbocycles. The van der Waals surface area contributed by atoms with E-state index >= 15 is 0 Å². The van der Waals surface area contributed by atoms with E-state index in [-0.39, 0.29) is 11.3 Å². The van der Waals surface area contributed by atoms with Crippen LogP contribution in [-0.2, 0) is 10.0 Å². The minimum Gasteiger partial charge on any atom is -0.322 e. The summed E-state index contributed by atoms with van der Waals surface area (Å²) in [5.74, 6) is -0.405. The van der Waals surface area contributed by atoms with Crippen LogP contribution >= 0.6 is 0 Å². The molecule has 29 heavy (non-hydrogen) atoms. The molecule has 0 fully saturated rings. The SMILES string of the molecule is CS(=O)(=O)Nc1ccccc1C(=O)Nc1ccc(-n2cnc3ccccc32)cc1. The van der Waals surface area contributed by atoms with Gasteiger partial charge in [-0.15, -0.1) is 0 Å². The van der Waals surface area contributed by atoms with E-state index in [9.17, 15) is 13.2 Å². The number of benzene rings is 3. The van der Waals surface area contributed by atoms with Gasteiger partial charge < -0.3 is 5.32 Å². The Morgan fingerprint density at radius 2 is 1.62 bits per heavy atom. The van der Waals surface area contributed by atoms with Crippen molar-refractivity contribution < 1.29 is 13.2 Å². The van der Waals surface area contributed by atoms with E-state index in [1.54, 1.807) is 42.7 Å². The number of nitrogens with one attached hydrogen (secondary N) is 2. The lowest BCUT2D eigenvalue weighted by Crippen LogP contribution is -2.17. The van der Waals surface area contributed by atoms with Crippen molar-refractivity contribution in [2.45, 2.75) is 0 Å². The zero-order chi connectivity index (χ0) is 20.4. The zero-order valence-electron chi connectivity index (χ0n) is 15.5. The fourth-order valence-electron chi connectivity index (χ4n) is 3.04. The van der Waals surface area contributed by atoms with Gasteiger partial charge in [0.2, 0.25) is 10.0 Å². The van der Waals surface area contributed by atoms with E-state index in [1.807, 2.05) is 41.0 Å². The Labute approximate surface area is 168 Å². The van der Waals surface area contributed by atoms with E-state index in [0.717, 1.165) is 23.0 Å². The Morgan fingerprint density at radius 3 is 2.38 bits per heavy atom. The van der Waals surface area contributed by atoms with Crippen LogP contribution in [-0.4, -0.2) is 30.1 Å². The molecule has 0 saturated heterocycles. The van der Waals surface area contributed by atoms with Crippen LogP contribution in [0, 0.1) is 0 Å². The van der Waals surface area contributed by atoms with Crippen LogP contribution in [0.25, 0.3) is 16.7 Å². The molecular formula is C21H18N4O3S. The van der Waals surface area contributed by atoms with E-state index in [4.69, 9.17) is 0 Å². The third kappa shape index (κ3) is 4.12. The topological polar surface area (TPSA) is 93.1 Å². The zero-order valence-corrected chi connectivity index (χ0v) is 16.3. The third-order valence-corrected chi connectivity index (χ3v) is 4.91. The summed E-state index contributed by atoms with van der Waals surface area (Å²) in [6.45, 7) is 0. The second-order valence-corrected chi connectivity index (χ2v) is 8.27. The quantitative estimate of drug-likeness (QED) is 0.529. The summed E-state index contributed by atoms with van der Waals surface area (Å²) in [6, 6.07) is 21.6. The molecule has 7 nitrogen and oxygen atoms in total. The normalized spacial score (nSPS) is 11.3. The maximum atomic E-state index is 12.6. The Kier molecular flexibility index (Phi) is 4.77. The first-order valence-electron chi connectivity index (χ1n) is 8.81. The lowest BCUT2D eigenvalue weighted by atomic mass is 10.1. The Bertz CT molecular complexity index is 1300. The lowest BCUT2D eigenvalue weighted by Gasteiger charge is -2.11. The van der Waals surface area contributed by atoms with E-state index in [0.29, 0.717) is 5.69 Å². The van der Waals surface area contributed by atoms with E-state index in [2.05, 4.69) is 15.0 Å². The number of nitrogens with zero attached hydrogens (tertiary/aromatic N) is 2. The second-order valence-electron chi connectivity index (χ2n) is 6.52. The first-order chi connectivity index (χ1) is 13.9. The number of hydrogen-bond donors (Lipinski definition) is 2. The van der Waals surface area contributed by atoms with Gasteiger partial charge in [0.15, 0.2) is 0 Å². The number of rotatable bonds is 5. The number of imidazole rings is 1. The molecule has 146 valence electrons. The number of amides is 1. The maximum Gasteiger partial charge on any atom is 0.257 e. The van der Waals surface area contributed by atoms with Crippen molar-refractivity contribution in [3.63, 3.8) is 0 Å². The van der Waals surface area contributed by atoms with Crippen LogP contribution in [0.3, 0.4) is 0 Å². The highest BCUT2D eigenvalue weighted by molar-refractivity contribution is 7.92. The highest BCUT2D eigenvalue weighted by Crippen LogP contribution is 2.21. The Hall–Kier alpha value is -3.65. The molecule has 0 aliphatic carbocycles. The van der Waals surface area contributed by atoms with E-state index < -0.39 is 15.9 Å².